The maximum absolute atomic E-state index is 11.4. The number of aryl methyl sites for hydroxylation is 1. The number of aromatic nitrogens is 2. The van der Waals surface area contributed by atoms with Gasteiger partial charge in [-0.3, -0.25) is 9.89 Å². The molecule has 0 aliphatic heterocycles. The van der Waals surface area contributed by atoms with E-state index >= 15 is 0 Å². The zero-order valence-corrected chi connectivity index (χ0v) is 8.00. The summed E-state index contributed by atoms with van der Waals surface area (Å²) >= 11 is 0. The Balaban J connectivity index is 2.56. The molecule has 0 bridgehead atoms. The number of hydrogen-bond donors (Lipinski definition) is 4. The number of anilines is 1. The third kappa shape index (κ3) is 2.23. The number of carbonyl (C=O) groups excluding carboxylic acids is 1. The van der Waals surface area contributed by atoms with E-state index in [1.54, 1.807) is 6.92 Å². The van der Waals surface area contributed by atoms with Gasteiger partial charge in [0.05, 0.1) is 11.4 Å². The molecule has 5 N–H and O–H groups in total. The molecular weight excluding hydrogens is 184 g/mol. The van der Waals surface area contributed by atoms with Gasteiger partial charge < -0.3 is 16.2 Å². The maximum atomic E-state index is 11.4. The summed E-state index contributed by atoms with van der Waals surface area (Å²) in [6.45, 7) is 2.21. The van der Waals surface area contributed by atoms with E-state index in [0.29, 0.717) is 24.3 Å². The van der Waals surface area contributed by atoms with E-state index in [4.69, 9.17) is 10.8 Å². The number of aliphatic hydroxyl groups is 1. The summed E-state index contributed by atoms with van der Waals surface area (Å²) in [7, 11) is 0. The molecule has 0 fully saturated rings. The minimum Gasteiger partial charge on any atom is -0.396 e. The Morgan fingerprint density at radius 3 is 2.93 bits per heavy atom. The first-order chi connectivity index (χ1) is 6.66. The summed E-state index contributed by atoms with van der Waals surface area (Å²) in [5.74, 6) is -0.319. The van der Waals surface area contributed by atoms with Crippen molar-refractivity contribution in [3.63, 3.8) is 0 Å². The number of nitrogen functional groups attached to an aromatic ring is 1. The number of nitrogens with one attached hydrogen (secondary N) is 2. The Labute approximate surface area is 81.5 Å². The fourth-order valence-corrected chi connectivity index (χ4v) is 0.976. The molecule has 0 saturated heterocycles. The minimum atomic E-state index is -0.319. The summed E-state index contributed by atoms with van der Waals surface area (Å²) in [4.78, 5) is 11.4. The molecule has 1 aromatic rings. The predicted octanol–water partition coefficient (Wildman–Crippen LogP) is -0.587. The summed E-state index contributed by atoms with van der Waals surface area (Å²) in [5, 5.41) is 17.5. The van der Waals surface area contributed by atoms with E-state index in [0.717, 1.165) is 0 Å². The number of hydrogen-bond acceptors (Lipinski definition) is 4. The molecule has 0 aliphatic carbocycles. The normalized spacial score (nSPS) is 10.1. The van der Waals surface area contributed by atoms with E-state index in [1.165, 1.54) is 0 Å². The van der Waals surface area contributed by atoms with Gasteiger partial charge in [0.15, 0.2) is 5.69 Å². The Morgan fingerprint density at radius 2 is 2.43 bits per heavy atom. The van der Waals surface area contributed by atoms with Gasteiger partial charge in [-0.1, -0.05) is 0 Å². The number of nitrogens with two attached hydrogens (primary N) is 1. The minimum absolute atomic E-state index is 0.0509. The lowest BCUT2D eigenvalue weighted by Gasteiger charge is -2.01. The number of nitrogens with zero attached hydrogens (tertiary/aromatic N) is 1. The molecule has 1 aromatic heterocycles. The van der Waals surface area contributed by atoms with E-state index in [1.807, 2.05) is 0 Å². The van der Waals surface area contributed by atoms with Gasteiger partial charge in [-0.05, 0) is 13.3 Å². The Morgan fingerprint density at radius 1 is 1.71 bits per heavy atom. The largest absolute Gasteiger partial charge is 0.396 e. The van der Waals surface area contributed by atoms with Crippen LogP contribution < -0.4 is 11.1 Å². The highest BCUT2D eigenvalue weighted by Crippen LogP contribution is 2.11. The summed E-state index contributed by atoms with van der Waals surface area (Å²) in [6, 6.07) is 0. The van der Waals surface area contributed by atoms with Crippen LogP contribution in [0.2, 0.25) is 0 Å². The lowest BCUT2D eigenvalue weighted by Crippen LogP contribution is -2.26. The zero-order chi connectivity index (χ0) is 10.6. The molecule has 78 valence electrons. The van der Waals surface area contributed by atoms with Crippen molar-refractivity contribution in [2.24, 2.45) is 0 Å². The highest BCUT2D eigenvalue weighted by Gasteiger charge is 2.13. The van der Waals surface area contributed by atoms with Gasteiger partial charge in [0.25, 0.3) is 5.91 Å². The van der Waals surface area contributed by atoms with Crippen molar-refractivity contribution >= 4 is 11.6 Å². The molecule has 1 heterocycles. The molecule has 0 saturated carbocycles. The van der Waals surface area contributed by atoms with Crippen molar-refractivity contribution in [1.82, 2.24) is 15.5 Å². The van der Waals surface area contributed by atoms with Crippen LogP contribution in [0.15, 0.2) is 0 Å². The van der Waals surface area contributed by atoms with Crippen LogP contribution in [-0.4, -0.2) is 34.4 Å². The highest BCUT2D eigenvalue weighted by molar-refractivity contribution is 5.97. The van der Waals surface area contributed by atoms with E-state index in [-0.39, 0.29) is 18.2 Å². The first-order valence-electron chi connectivity index (χ1n) is 4.36. The van der Waals surface area contributed by atoms with Crippen molar-refractivity contribution < 1.29 is 9.90 Å². The highest BCUT2D eigenvalue weighted by atomic mass is 16.3. The second-order valence-corrected chi connectivity index (χ2v) is 2.94. The summed E-state index contributed by atoms with van der Waals surface area (Å²) < 4.78 is 0. The van der Waals surface area contributed by atoms with Crippen LogP contribution in [0.1, 0.15) is 22.6 Å². The van der Waals surface area contributed by atoms with Gasteiger partial charge in [-0.25, -0.2) is 0 Å². The number of aliphatic hydroxyl groups excluding tert-OH is 1. The fourth-order valence-electron chi connectivity index (χ4n) is 0.976. The molecule has 1 amide bonds. The van der Waals surface area contributed by atoms with Gasteiger partial charge in [0, 0.05) is 13.2 Å². The van der Waals surface area contributed by atoms with Crippen molar-refractivity contribution in [3.05, 3.63) is 11.4 Å². The van der Waals surface area contributed by atoms with E-state index in [2.05, 4.69) is 15.5 Å². The average molecular weight is 198 g/mol. The number of rotatable bonds is 4. The van der Waals surface area contributed by atoms with Crippen molar-refractivity contribution in [1.29, 1.82) is 0 Å². The standard InChI is InChI=1S/C8H14N4O2/c1-5-6(9)7(12-11-5)8(14)10-3-2-4-13/h13H,2-4,9H2,1H3,(H,10,14)(H,11,12). The van der Waals surface area contributed by atoms with Crippen molar-refractivity contribution in [2.75, 3.05) is 18.9 Å². The van der Waals surface area contributed by atoms with Gasteiger partial charge in [0.1, 0.15) is 0 Å². The van der Waals surface area contributed by atoms with Crippen molar-refractivity contribution in [2.45, 2.75) is 13.3 Å². The number of H-pyrrole nitrogens is 1. The van der Waals surface area contributed by atoms with Crippen LogP contribution >= 0.6 is 0 Å². The number of aromatic amines is 1. The van der Waals surface area contributed by atoms with Crippen LogP contribution in [0.3, 0.4) is 0 Å². The van der Waals surface area contributed by atoms with Crippen LogP contribution in [0.4, 0.5) is 5.69 Å². The molecule has 6 nitrogen and oxygen atoms in total. The van der Waals surface area contributed by atoms with Crippen LogP contribution in [0, 0.1) is 6.92 Å². The zero-order valence-electron chi connectivity index (χ0n) is 8.00. The third-order valence-corrected chi connectivity index (χ3v) is 1.83. The predicted molar refractivity (Wildman–Crippen MR) is 51.8 cm³/mol. The lowest BCUT2D eigenvalue weighted by molar-refractivity contribution is 0.0947. The third-order valence-electron chi connectivity index (χ3n) is 1.83. The van der Waals surface area contributed by atoms with E-state index < -0.39 is 0 Å². The fraction of sp³-hybridized carbons (Fsp3) is 0.500. The second kappa shape index (κ2) is 4.61. The summed E-state index contributed by atoms with van der Waals surface area (Å²) in [5.41, 5.74) is 6.86. The monoisotopic (exact) mass is 198 g/mol. The molecule has 14 heavy (non-hydrogen) atoms. The lowest BCUT2D eigenvalue weighted by atomic mass is 10.3. The Hall–Kier alpha value is -1.56. The second-order valence-electron chi connectivity index (χ2n) is 2.94. The molecule has 0 radical (unpaired) electrons. The molecule has 0 spiro atoms. The average Bonchev–Trinajstić information content (AvgIpc) is 2.48. The first-order valence-corrected chi connectivity index (χ1v) is 4.36. The van der Waals surface area contributed by atoms with Crippen LogP contribution in [0.25, 0.3) is 0 Å². The smallest absolute Gasteiger partial charge is 0.273 e. The van der Waals surface area contributed by atoms with Crippen molar-refractivity contribution in [3.8, 4) is 0 Å². The number of carbonyl (C=O) groups is 1. The Kier molecular flexibility index (Phi) is 3.47. The van der Waals surface area contributed by atoms with Gasteiger partial charge >= 0.3 is 0 Å². The molecule has 0 aliphatic rings. The SMILES string of the molecule is Cc1[nH]nc(C(=O)NCCCO)c1N. The maximum Gasteiger partial charge on any atom is 0.273 e. The molecule has 1 rings (SSSR count). The Bertz CT molecular complexity index is 321. The quantitative estimate of drug-likeness (QED) is 0.485. The van der Waals surface area contributed by atoms with E-state index in [9.17, 15) is 4.79 Å². The van der Waals surface area contributed by atoms with Crippen LogP contribution in [-0.2, 0) is 0 Å². The molecular formula is C8H14N4O2. The molecule has 6 heteroatoms. The first kappa shape index (κ1) is 10.5. The number of amides is 1. The molecule has 0 unspecified atom stereocenters. The summed E-state index contributed by atoms with van der Waals surface area (Å²) in [6.07, 6.45) is 0.523. The van der Waals surface area contributed by atoms with Gasteiger partial charge in [0.2, 0.25) is 0 Å². The van der Waals surface area contributed by atoms with Crippen LogP contribution in [0.5, 0.6) is 0 Å². The van der Waals surface area contributed by atoms with Gasteiger partial charge in [-0.15, -0.1) is 0 Å². The topological polar surface area (TPSA) is 104 Å². The van der Waals surface area contributed by atoms with Gasteiger partial charge in [-0.2, -0.15) is 5.10 Å². The molecule has 0 aromatic carbocycles. The molecule has 0 atom stereocenters.